The summed E-state index contributed by atoms with van der Waals surface area (Å²) in [5.41, 5.74) is 0. The fraction of sp³-hybridized carbons (Fsp3) is 0.714. The molecule has 0 bridgehead atoms. The lowest BCUT2D eigenvalue weighted by molar-refractivity contribution is -0.126. The number of nitrogens with zero attached hydrogens (tertiary/aromatic N) is 2. The Bertz CT molecular complexity index is 404. The van der Waals surface area contributed by atoms with Crippen LogP contribution in [-0.4, -0.2) is 28.3 Å². The van der Waals surface area contributed by atoms with Gasteiger partial charge in [0, 0.05) is 30.0 Å². The van der Waals surface area contributed by atoms with Gasteiger partial charge in [-0.05, 0) is 32.2 Å². The van der Waals surface area contributed by atoms with E-state index in [2.05, 4.69) is 9.88 Å². The van der Waals surface area contributed by atoms with Crippen LogP contribution in [0.1, 0.15) is 43.5 Å². The number of thiazole rings is 1. The van der Waals surface area contributed by atoms with Crippen molar-refractivity contribution < 1.29 is 4.79 Å². The van der Waals surface area contributed by atoms with Gasteiger partial charge in [0.2, 0.25) is 0 Å². The predicted octanol–water partition coefficient (Wildman–Crippen LogP) is 2.87. The average Bonchev–Trinajstić information content (AvgIpc) is 3.02. The van der Waals surface area contributed by atoms with Crippen LogP contribution in [0.2, 0.25) is 0 Å². The van der Waals surface area contributed by atoms with Crippen LogP contribution in [-0.2, 0) is 11.3 Å². The van der Waals surface area contributed by atoms with Crippen LogP contribution >= 0.6 is 11.3 Å². The molecular weight excluding hydrogens is 244 g/mol. The van der Waals surface area contributed by atoms with Crippen molar-refractivity contribution in [2.45, 2.75) is 51.1 Å². The summed E-state index contributed by atoms with van der Waals surface area (Å²) in [5, 5.41) is 3.22. The van der Waals surface area contributed by atoms with E-state index in [1.165, 1.54) is 24.3 Å². The van der Waals surface area contributed by atoms with Crippen LogP contribution < -0.4 is 0 Å². The Morgan fingerprint density at radius 3 is 3.06 bits per heavy atom. The molecule has 1 aliphatic carbocycles. The number of hydrogen-bond acceptors (Lipinski definition) is 4. The Morgan fingerprint density at radius 1 is 1.33 bits per heavy atom. The van der Waals surface area contributed by atoms with Crippen molar-refractivity contribution in [3.63, 3.8) is 0 Å². The first-order valence-electron chi connectivity index (χ1n) is 7.00. The van der Waals surface area contributed by atoms with E-state index in [1.807, 2.05) is 11.6 Å². The maximum Gasteiger partial charge on any atom is 0.137 e. The Hall–Kier alpha value is -0.740. The minimum atomic E-state index is 0.307. The molecule has 3 nitrogen and oxygen atoms in total. The molecule has 18 heavy (non-hydrogen) atoms. The number of aromatic nitrogens is 1. The van der Waals surface area contributed by atoms with Gasteiger partial charge in [-0.25, -0.2) is 4.98 Å². The van der Waals surface area contributed by atoms with Crippen LogP contribution in [0.3, 0.4) is 0 Å². The summed E-state index contributed by atoms with van der Waals surface area (Å²) in [5.74, 6) is 0.818. The largest absolute Gasteiger partial charge is 0.299 e. The molecule has 0 aromatic carbocycles. The van der Waals surface area contributed by atoms with Crippen LogP contribution in [0.15, 0.2) is 11.6 Å². The highest BCUT2D eigenvalue weighted by atomic mass is 32.1. The molecule has 2 fully saturated rings. The van der Waals surface area contributed by atoms with Gasteiger partial charge in [-0.3, -0.25) is 9.69 Å². The standard InChI is InChI=1S/C14H20N2OS/c17-13-6-2-1-4-11(13)12-5-3-8-16(12)10-14-15-7-9-18-14/h7,9,11-12H,1-6,8,10H2. The van der Waals surface area contributed by atoms with E-state index in [0.717, 1.165) is 32.4 Å². The molecule has 2 atom stereocenters. The smallest absolute Gasteiger partial charge is 0.137 e. The van der Waals surface area contributed by atoms with E-state index in [-0.39, 0.29) is 0 Å². The van der Waals surface area contributed by atoms with Crippen molar-refractivity contribution in [3.8, 4) is 0 Å². The van der Waals surface area contributed by atoms with Gasteiger partial charge in [-0.15, -0.1) is 11.3 Å². The van der Waals surface area contributed by atoms with Crippen molar-refractivity contribution in [2.75, 3.05) is 6.54 Å². The third kappa shape index (κ3) is 2.50. The lowest BCUT2D eigenvalue weighted by Gasteiger charge is -2.32. The monoisotopic (exact) mass is 264 g/mol. The summed E-state index contributed by atoms with van der Waals surface area (Å²) in [7, 11) is 0. The van der Waals surface area contributed by atoms with E-state index in [4.69, 9.17) is 0 Å². The molecule has 2 aliphatic rings. The fourth-order valence-electron chi connectivity index (χ4n) is 3.43. The van der Waals surface area contributed by atoms with Gasteiger partial charge < -0.3 is 0 Å². The first kappa shape index (κ1) is 12.3. The molecule has 0 amide bonds. The third-order valence-corrected chi connectivity index (χ3v) is 5.07. The second kappa shape index (κ2) is 5.49. The molecule has 2 unspecified atom stereocenters. The van der Waals surface area contributed by atoms with Crippen molar-refractivity contribution in [2.24, 2.45) is 5.92 Å². The lowest BCUT2D eigenvalue weighted by Crippen LogP contribution is -2.40. The third-order valence-electron chi connectivity index (χ3n) is 4.30. The highest BCUT2D eigenvalue weighted by Gasteiger charge is 2.36. The zero-order chi connectivity index (χ0) is 12.4. The van der Waals surface area contributed by atoms with E-state index in [9.17, 15) is 4.79 Å². The molecular formula is C14H20N2OS. The number of likely N-dealkylation sites (tertiary alicyclic amines) is 1. The number of rotatable bonds is 3. The number of ketones is 1. The van der Waals surface area contributed by atoms with Gasteiger partial charge in [0.05, 0.1) is 6.54 Å². The molecule has 1 saturated carbocycles. The fourth-order valence-corrected chi connectivity index (χ4v) is 4.07. The van der Waals surface area contributed by atoms with Gasteiger partial charge in [-0.2, -0.15) is 0 Å². The second-order valence-corrected chi connectivity index (χ2v) is 6.40. The number of carbonyl (C=O) groups is 1. The normalized spacial score (nSPS) is 29.9. The molecule has 4 heteroatoms. The molecule has 98 valence electrons. The maximum atomic E-state index is 12.1. The van der Waals surface area contributed by atoms with E-state index >= 15 is 0 Å². The van der Waals surface area contributed by atoms with Crippen molar-refractivity contribution in [1.29, 1.82) is 0 Å². The summed E-state index contributed by atoms with van der Waals surface area (Å²) in [6, 6.07) is 0.488. The van der Waals surface area contributed by atoms with Crippen LogP contribution in [0.25, 0.3) is 0 Å². The van der Waals surface area contributed by atoms with Gasteiger partial charge in [0.25, 0.3) is 0 Å². The molecule has 1 aromatic rings. The molecule has 1 aromatic heterocycles. The maximum absolute atomic E-state index is 12.1. The summed E-state index contributed by atoms with van der Waals surface area (Å²) < 4.78 is 0. The lowest BCUT2D eigenvalue weighted by atomic mass is 9.82. The molecule has 0 spiro atoms. The zero-order valence-electron chi connectivity index (χ0n) is 10.7. The number of carbonyl (C=O) groups excluding carboxylic acids is 1. The summed E-state index contributed by atoms with van der Waals surface area (Å²) in [6.07, 6.45) is 8.56. The predicted molar refractivity (Wildman–Crippen MR) is 72.5 cm³/mol. The second-order valence-electron chi connectivity index (χ2n) is 5.42. The van der Waals surface area contributed by atoms with Crippen LogP contribution in [0.5, 0.6) is 0 Å². The number of hydrogen-bond donors (Lipinski definition) is 0. The van der Waals surface area contributed by atoms with Crippen molar-refractivity contribution in [1.82, 2.24) is 9.88 Å². The molecule has 3 rings (SSSR count). The van der Waals surface area contributed by atoms with Gasteiger partial charge in [-0.1, -0.05) is 6.42 Å². The van der Waals surface area contributed by atoms with E-state index < -0.39 is 0 Å². The first-order chi connectivity index (χ1) is 8.84. The SMILES string of the molecule is O=C1CCCCC1C1CCCN1Cc1nccs1. The average molecular weight is 264 g/mol. The molecule has 2 heterocycles. The topological polar surface area (TPSA) is 33.2 Å². The van der Waals surface area contributed by atoms with E-state index in [0.29, 0.717) is 17.7 Å². The summed E-state index contributed by atoms with van der Waals surface area (Å²) in [6.45, 7) is 2.07. The summed E-state index contributed by atoms with van der Waals surface area (Å²) in [4.78, 5) is 19.0. The Kier molecular flexibility index (Phi) is 3.75. The Labute approximate surface area is 112 Å². The van der Waals surface area contributed by atoms with Crippen LogP contribution in [0.4, 0.5) is 0 Å². The quantitative estimate of drug-likeness (QED) is 0.841. The molecule has 0 N–H and O–H groups in total. The number of Topliss-reactive ketones (excluding diaryl/α,β-unsaturated/α-hetero) is 1. The van der Waals surface area contributed by atoms with Crippen molar-refractivity contribution >= 4 is 17.1 Å². The Balaban J connectivity index is 1.68. The highest BCUT2D eigenvalue weighted by Crippen LogP contribution is 2.33. The summed E-state index contributed by atoms with van der Waals surface area (Å²) >= 11 is 1.72. The Morgan fingerprint density at radius 2 is 2.28 bits per heavy atom. The molecule has 1 aliphatic heterocycles. The van der Waals surface area contributed by atoms with E-state index in [1.54, 1.807) is 11.3 Å². The highest BCUT2D eigenvalue weighted by molar-refractivity contribution is 7.09. The molecule has 1 saturated heterocycles. The van der Waals surface area contributed by atoms with Crippen LogP contribution in [0, 0.1) is 5.92 Å². The van der Waals surface area contributed by atoms with Crippen molar-refractivity contribution in [3.05, 3.63) is 16.6 Å². The van der Waals surface area contributed by atoms with Gasteiger partial charge >= 0.3 is 0 Å². The first-order valence-corrected chi connectivity index (χ1v) is 7.88. The van der Waals surface area contributed by atoms with Gasteiger partial charge in [0.1, 0.15) is 10.8 Å². The zero-order valence-corrected chi connectivity index (χ0v) is 11.5. The minimum absolute atomic E-state index is 0.307. The van der Waals surface area contributed by atoms with Gasteiger partial charge in [0.15, 0.2) is 0 Å². The molecule has 0 radical (unpaired) electrons. The minimum Gasteiger partial charge on any atom is -0.299 e.